The van der Waals surface area contributed by atoms with E-state index in [-0.39, 0.29) is 5.91 Å². The first-order valence-corrected chi connectivity index (χ1v) is 4.41. The zero-order valence-corrected chi connectivity index (χ0v) is 8.47. The number of aromatic nitrogens is 1. The van der Waals surface area contributed by atoms with Gasteiger partial charge in [0.25, 0.3) is 5.91 Å². The van der Waals surface area contributed by atoms with E-state index in [1.54, 1.807) is 25.3 Å². The van der Waals surface area contributed by atoms with E-state index >= 15 is 0 Å². The van der Waals surface area contributed by atoms with Crippen molar-refractivity contribution in [2.45, 2.75) is 0 Å². The van der Waals surface area contributed by atoms with Gasteiger partial charge in [-0.1, -0.05) is 6.08 Å². The van der Waals surface area contributed by atoms with E-state index in [1.165, 1.54) is 11.1 Å². The summed E-state index contributed by atoms with van der Waals surface area (Å²) in [5.41, 5.74) is 0.774. The number of pyridine rings is 1. The lowest BCUT2D eigenvalue weighted by Gasteiger charge is -2.13. The summed E-state index contributed by atoms with van der Waals surface area (Å²) in [6.45, 7) is 4.02. The summed E-state index contributed by atoms with van der Waals surface area (Å²) < 4.78 is 0. The van der Waals surface area contributed by atoms with Gasteiger partial charge < -0.3 is 4.90 Å². The number of carbonyl (C=O) groups excluding carboxylic acids is 1. The average molecular weight is 201 g/mol. The molecule has 0 aromatic carbocycles. The predicted molar refractivity (Wildman–Crippen MR) is 56.1 cm³/mol. The van der Waals surface area contributed by atoms with E-state index in [0.717, 1.165) is 0 Å². The molecule has 0 saturated carbocycles. The highest BCUT2D eigenvalue weighted by molar-refractivity contribution is 5.92. The van der Waals surface area contributed by atoms with Crippen LogP contribution in [0.2, 0.25) is 0 Å². The third kappa shape index (κ3) is 2.64. The Morgan fingerprint density at radius 2 is 2.47 bits per heavy atom. The van der Waals surface area contributed by atoms with Gasteiger partial charge in [0.2, 0.25) is 0 Å². The van der Waals surface area contributed by atoms with Crippen molar-refractivity contribution in [1.29, 1.82) is 5.26 Å². The summed E-state index contributed by atoms with van der Waals surface area (Å²) in [7, 11) is 1.67. The summed E-state index contributed by atoms with van der Waals surface area (Å²) in [6, 6.07) is 5.06. The summed E-state index contributed by atoms with van der Waals surface area (Å²) in [6.07, 6.45) is 3.02. The van der Waals surface area contributed by atoms with Gasteiger partial charge in [-0.25, -0.2) is 4.98 Å². The molecule has 0 unspecified atom stereocenters. The molecule has 1 aromatic heterocycles. The van der Waals surface area contributed by atoms with E-state index in [9.17, 15) is 4.79 Å². The standard InChI is InChI=1S/C11H11N3O/c1-3-6-14(2)11(15)10-5-4-9(7-12)8-13-10/h3-5,8H,1,6H2,2H3. The molecule has 1 rings (SSSR count). The normalized spacial score (nSPS) is 9.07. The molecule has 0 atom stereocenters. The van der Waals surface area contributed by atoms with Gasteiger partial charge in [-0.15, -0.1) is 6.58 Å². The minimum Gasteiger partial charge on any atom is -0.337 e. The van der Waals surface area contributed by atoms with Crippen LogP contribution < -0.4 is 0 Å². The first-order valence-electron chi connectivity index (χ1n) is 4.41. The Balaban J connectivity index is 2.83. The lowest BCUT2D eigenvalue weighted by molar-refractivity contribution is 0.0804. The number of likely N-dealkylation sites (N-methyl/N-ethyl adjacent to an activating group) is 1. The van der Waals surface area contributed by atoms with Crippen molar-refractivity contribution >= 4 is 5.91 Å². The highest BCUT2D eigenvalue weighted by Crippen LogP contribution is 2.02. The van der Waals surface area contributed by atoms with Gasteiger partial charge in [-0.3, -0.25) is 4.79 Å². The van der Waals surface area contributed by atoms with Gasteiger partial charge >= 0.3 is 0 Å². The molecule has 1 amide bonds. The van der Waals surface area contributed by atoms with Crippen LogP contribution in [0.15, 0.2) is 31.0 Å². The van der Waals surface area contributed by atoms with Crippen LogP contribution in [-0.4, -0.2) is 29.4 Å². The first kappa shape index (κ1) is 10.9. The summed E-state index contributed by atoms with van der Waals surface area (Å²) in [5.74, 6) is -0.181. The van der Waals surface area contributed by atoms with Crippen molar-refractivity contribution in [3.05, 3.63) is 42.2 Å². The lowest BCUT2D eigenvalue weighted by atomic mass is 10.2. The smallest absolute Gasteiger partial charge is 0.272 e. The maximum absolute atomic E-state index is 11.7. The van der Waals surface area contributed by atoms with Crippen molar-refractivity contribution in [3.63, 3.8) is 0 Å². The predicted octanol–water partition coefficient (Wildman–Crippen LogP) is 1.21. The van der Waals surface area contributed by atoms with Crippen LogP contribution in [-0.2, 0) is 0 Å². The third-order valence-electron chi connectivity index (χ3n) is 1.86. The zero-order valence-electron chi connectivity index (χ0n) is 8.47. The van der Waals surface area contributed by atoms with Crippen LogP contribution in [0.4, 0.5) is 0 Å². The molecule has 0 aliphatic carbocycles. The molecule has 0 aliphatic heterocycles. The van der Waals surface area contributed by atoms with Gasteiger partial charge in [-0.05, 0) is 12.1 Å². The monoisotopic (exact) mass is 201 g/mol. The molecule has 0 N–H and O–H groups in total. The van der Waals surface area contributed by atoms with Crippen LogP contribution in [0.5, 0.6) is 0 Å². The third-order valence-corrected chi connectivity index (χ3v) is 1.86. The lowest BCUT2D eigenvalue weighted by Crippen LogP contribution is -2.27. The molecule has 4 heteroatoms. The fourth-order valence-electron chi connectivity index (χ4n) is 1.06. The van der Waals surface area contributed by atoms with Gasteiger partial charge in [-0.2, -0.15) is 5.26 Å². The molecule has 15 heavy (non-hydrogen) atoms. The highest BCUT2D eigenvalue weighted by Gasteiger charge is 2.11. The molecule has 0 fully saturated rings. The van der Waals surface area contributed by atoms with E-state index in [0.29, 0.717) is 17.8 Å². The van der Waals surface area contributed by atoms with E-state index in [2.05, 4.69) is 11.6 Å². The van der Waals surface area contributed by atoms with Gasteiger partial charge in [0, 0.05) is 19.8 Å². The van der Waals surface area contributed by atoms with Crippen molar-refractivity contribution in [3.8, 4) is 6.07 Å². The zero-order chi connectivity index (χ0) is 11.3. The molecule has 0 spiro atoms. The quantitative estimate of drug-likeness (QED) is 0.691. The van der Waals surface area contributed by atoms with Gasteiger partial charge in [0.15, 0.2) is 0 Å². The highest BCUT2D eigenvalue weighted by atomic mass is 16.2. The maximum Gasteiger partial charge on any atom is 0.272 e. The van der Waals surface area contributed by atoms with Crippen molar-refractivity contribution in [1.82, 2.24) is 9.88 Å². The number of hydrogen-bond donors (Lipinski definition) is 0. The molecule has 4 nitrogen and oxygen atoms in total. The number of nitriles is 1. The van der Waals surface area contributed by atoms with Crippen molar-refractivity contribution in [2.75, 3.05) is 13.6 Å². The van der Waals surface area contributed by atoms with Gasteiger partial charge in [0.1, 0.15) is 11.8 Å². The molecule has 0 bridgehead atoms. The number of hydrogen-bond acceptors (Lipinski definition) is 3. The second-order valence-electron chi connectivity index (χ2n) is 3.02. The van der Waals surface area contributed by atoms with Crippen LogP contribution >= 0.6 is 0 Å². The minimum atomic E-state index is -0.181. The summed E-state index contributed by atoms with van der Waals surface area (Å²) in [4.78, 5) is 17.1. The second-order valence-corrected chi connectivity index (χ2v) is 3.02. The van der Waals surface area contributed by atoms with Crippen LogP contribution in [0.1, 0.15) is 16.1 Å². The maximum atomic E-state index is 11.7. The Morgan fingerprint density at radius 1 is 1.73 bits per heavy atom. The number of rotatable bonds is 3. The summed E-state index contributed by atoms with van der Waals surface area (Å²) >= 11 is 0. The number of amides is 1. The SMILES string of the molecule is C=CCN(C)C(=O)c1ccc(C#N)cn1. The fourth-order valence-corrected chi connectivity index (χ4v) is 1.06. The Labute approximate surface area is 88.5 Å². The molecule has 0 radical (unpaired) electrons. The molecule has 0 aliphatic rings. The Morgan fingerprint density at radius 3 is 2.93 bits per heavy atom. The number of nitrogens with zero attached hydrogens (tertiary/aromatic N) is 3. The Kier molecular flexibility index (Phi) is 3.58. The van der Waals surface area contributed by atoms with Gasteiger partial charge in [0.05, 0.1) is 5.56 Å². The van der Waals surface area contributed by atoms with Crippen molar-refractivity contribution < 1.29 is 4.79 Å². The molecule has 0 saturated heterocycles. The minimum absolute atomic E-state index is 0.181. The van der Waals surface area contributed by atoms with Crippen molar-refractivity contribution in [2.24, 2.45) is 0 Å². The van der Waals surface area contributed by atoms with Crippen LogP contribution in [0.25, 0.3) is 0 Å². The Hall–Kier alpha value is -2.15. The first-order chi connectivity index (χ1) is 7.19. The van der Waals surface area contributed by atoms with E-state index in [4.69, 9.17) is 5.26 Å². The second kappa shape index (κ2) is 4.91. The summed E-state index contributed by atoms with van der Waals surface area (Å²) in [5, 5.41) is 8.56. The van der Waals surface area contributed by atoms with Crippen LogP contribution in [0, 0.1) is 11.3 Å². The van der Waals surface area contributed by atoms with Crippen LogP contribution in [0.3, 0.4) is 0 Å². The average Bonchev–Trinajstić information content (AvgIpc) is 2.28. The van der Waals surface area contributed by atoms with E-state index in [1.807, 2.05) is 6.07 Å². The Bertz CT molecular complexity index is 403. The molecule has 1 heterocycles. The molecule has 76 valence electrons. The topological polar surface area (TPSA) is 57.0 Å². The molecular weight excluding hydrogens is 190 g/mol. The largest absolute Gasteiger partial charge is 0.337 e. The number of carbonyl (C=O) groups is 1. The molecular formula is C11H11N3O. The van der Waals surface area contributed by atoms with E-state index < -0.39 is 0 Å². The molecule has 1 aromatic rings. The fraction of sp³-hybridized carbons (Fsp3) is 0.182.